The highest BCUT2D eigenvalue weighted by Gasteiger charge is 2.35. The number of benzene rings is 1. The highest BCUT2D eigenvalue weighted by atomic mass is 16.6. The summed E-state index contributed by atoms with van der Waals surface area (Å²) < 4.78 is 4.95. The molecule has 0 amide bonds. The van der Waals surface area contributed by atoms with Crippen molar-refractivity contribution in [3.63, 3.8) is 0 Å². The van der Waals surface area contributed by atoms with Crippen LogP contribution in [-0.4, -0.2) is 5.94 Å². The minimum absolute atomic E-state index is 0.117. The van der Waals surface area contributed by atoms with Crippen LogP contribution in [0.3, 0.4) is 0 Å². The molecule has 1 aliphatic heterocycles. The zero-order valence-corrected chi connectivity index (χ0v) is 5.78. The summed E-state index contributed by atoms with van der Waals surface area (Å²) in [4.78, 5) is 10.1. The predicted octanol–water partition coefficient (Wildman–Crippen LogP) is 1.47. The number of hydrogen-bond acceptors (Lipinski definition) is 2. The first-order valence-corrected chi connectivity index (χ1v) is 3.38. The van der Waals surface area contributed by atoms with Crippen LogP contribution in [-0.2, 0) is 9.53 Å². The first-order chi connectivity index (χ1) is 5.42. The molecule has 0 bridgehead atoms. The molecule has 1 heterocycles. The fourth-order valence-electron chi connectivity index (χ4n) is 1.02. The summed E-state index contributed by atoms with van der Waals surface area (Å²) in [5.74, 6) is 2.15. The number of ether oxygens (including phenoxy) is 1. The molecule has 2 heteroatoms. The molecule has 1 fully saturated rings. The predicted molar refractivity (Wildman–Crippen MR) is 39.5 cm³/mol. The van der Waals surface area contributed by atoms with Gasteiger partial charge in [0.2, 0.25) is 5.76 Å². The summed E-state index contributed by atoms with van der Waals surface area (Å²) in [5.41, 5.74) is 1.02. The van der Waals surface area contributed by atoms with Gasteiger partial charge in [-0.25, -0.2) is 4.79 Å². The average Bonchev–Trinajstić information content (AvgIpc) is 2.85. The Morgan fingerprint density at radius 3 is 2.55 bits per heavy atom. The molecule has 0 spiro atoms. The average molecular weight is 146 g/mol. The van der Waals surface area contributed by atoms with E-state index in [-0.39, 0.29) is 6.10 Å². The van der Waals surface area contributed by atoms with Crippen molar-refractivity contribution in [1.82, 2.24) is 0 Å². The third kappa shape index (κ3) is 1.04. The normalized spacial score (nSPS) is 20.4. The molecule has 1 unspecified atom stereocenters. The largest absolute Gasteiger partial charge is 0.466 e. The van der Waals surface area contributed by atoms with Crippen LogP contribution in [0.5, 0.6) is 0 Å². The Morgan fingerprint density at radius 1 is 1.27 bits per heavy atom. The molecule has 11 heavy (non-hydrogen) atoms. The maximum Gasteiger partial charge on any atom is 0.226 e. The van der Waals surface area contributed by atoms with Crippen molar-refractivity contribution >= 4 is 5.94 Å². The third-order valence-electron chi connectivity index (χ3n) is 1.63. The molecule has 1 aromatic carbocycles. The van der Waals surface area contributed by atoms with Gasteiger partial charge in [0, 0.05) is 5.56 Å². The molecule has 0 saturated carbocycles. The van der Waals surface area contributed by atoms with E-state index in [9.17, 15) is 4.79 Å². The maximum atomic E-state index is 10.1. The minimum Gasteiger partial charge on any atom is -0.466 e. The first-order valence-electron chi connectivity index (χ1n) is 3.38. The number of rotatable bonds is 1. The minimum atomic E-state index is -0.117. The number of epoxide rings is 1. The van der Waals surface area contributed by atoms with Gasteiger partial charge in [-0.2, -0.15) is 0 Å². The lowest BCUT2D eigenvalue weighted by Gasteiger charge is -1.88. The third-order valence-corrected chi connectivity index (χ3v) is 1.63. The second kappa shape index (κ2) is 2.26. The van der Waals surface area contributed by atoms with E-state index in [0.717, 1.165) is 5.56 Å². The number of carbonyl (C=O) groups excluding carboxylic acids is 1. The molecule has 2 nitrogen and oxygen atoms in total. The fraction of sp³-hybridized carbons (Fsp3) is 0.111. The van der Waals surface area contributed by atoms with Gasteiger partial charge in [0.25, 0.3) is 0 Å². The molecule has 1 saturated heterocycles. The van der Waals surface area contributed by atoms with Gasteiger partial charge in [-0.15, -0.1) is 0 Å². The zero-order chi connectivity index (χ0) is 7.68. The van der Waals surface area contributed by atoms with Gasteiger partial charge < -0.3 is 4.74 Å². The van der Waals surface area contributed by atoms with Gasteiger partial charge in [0.05, 0.1) is 0 Å². The molecule has 2 rings (SSSR count). The lowest BCUT2D eigenvalue weighted by atomic mass is 10.1. The second-order valence-electron chi connectivity index (χ2n) is 2.37. The standard InChI is InChI=1S/C9H6O2/c10-6-8-9(11-8)7-4-2-1-3-5-7/h1-5,9H. The molecule has 1 aromatic rings. The van der Waals surface area contributed by atoms with E-state index in [1.165, 1.54) is 0 Å². The fourth-order valence-corrected chi connectivity index (χ4v) is 1.02. The van der Waals surface area contributed by atoms with Gasteiger partial charge in [0.1, 0.15) is 0 Å². The molecular weight excluding hydrogens is 140 g/mol. The summed E-state index contributed by atoms with van der Waals surface area (Å²) in [5, 5.41) is 0. The van der Waals surface area contributed by atoms with Crippen molar-refractivity contribution in [3.05, 3.63) is 41.7 Å². The summed E-state index contributed by atoms with van der Waals surface area (Å²) in [7, 11) is 0. The smallest absolute Gasteiger partial charge is 0.226 e. The summed E-state index contributed by atoms with van der Waals surface area (Å²) >= 11 is 0. The van der Waals surface area contributed by atoms with Crippen LogP contribution in [0, 0.1) is 0 Å². The summed E-state index contributed by atoms with van der Waals surface area (Å²) in [6.45, 7) is 0. The van der Waals surface area contributed by atoms with E-state index in [2.05, 4.69) is 0 Å². The molecule has 1 atom stereocenters. The Bertz CT molecular complexity index is 310. The lowest BCUT2D eigenvalue weighted by Crippen LogP contribution is -1.75. The van der Waals surface area contributed by atoms with Crippen molar-refractivity contribution in [2.45, 2.75) is 6.10 Å². The van der Waals surface area contributed by atoms with Crippen molar-refractivity contribution in [3.8, 4) is 0 Å². The van der Waals surface area contributed by atoms with E-state index < -0.39 is 0 Å². The Hall–Kier alpha value is -1.53. The Kier molecular flexibility index (Phi) is 1.27. The van der Waals surface area contributed by atoms with E-state index in [0.29, 0.717) is 5.76 Å². The van der Waals surface area contributed by atoms with Gasteiger partial charge in [-0.05, 0) is 0 Å². The molecule has 0 N–H and O–H groups in total. The molecule has 0 radical (unpaired) electrons. The first kappa shape index (κ1) is 6.20. The molecule has 0 aromatic heterocycles. The second-order valence-corrected chi connectivity index (χ2v) is 2.37. The van der Waals surface area contributed by atoms with Gasteiger partial charge in [-0.3, -0.25) is 0 Å². The molecular formula is C9H6O2. The lowest BCUT2D eigenvalue weighted by molar-refractivity contribution is 0.436. The van der Waals surface area contributed by atoms with Gasteiger partial charge in [0.15, 0.2) is 12.0 Å². The Balaban J connectivity index is 2.27. The SMILES string of the molecule is O=C=C1OC1c1ccccc1. The van der Waals surface area contributed by atoms with Crippen molar-refractivity contribution in [1.29, 1.82) is 0 Å². The van der Waals surface area contributed by atoms with Crippen molar-refractivity contribution in [2.75, 3.05) is 0 Å². The van der Waals surface area contributed by atoms with E-state index in [1.807, 2.05) is 30.3 Å². The van der Waals surface area contributed by atoms with Crippen LogP contribution >= 0.6 is 0 Å². The van der Waals surface area contributed by atoms with Crippen LogP contribution in [0.4, 0.5) is 0 Å². The van der Waals surface area contributed by atoms with Crippen LogP contribution in [0.1, 0.15) is 11.7 Å². The van der Waals surface area contributed by atoms with Crippen LogP contribution < -0.4 is 0 Å². The molecule has 0 aliphatic carbocycles. The highest BCUT2D eigenvalue weighted by molar-refractivity contribution is 5.57. The zero-order valence-electron chi connectivity index (χ0n) is 5.78. The Labute approximate surface area is 64.1 Å². The maximum absolute atomic E-state index is 10.1. The van der Waals surface area contributed by atoms with E-state index >= 15 is 0 Å². The van der Waals surface area contributed by atoms with Crippen molar-refractivity contribution < 1.29 is 9.53 Å². The van der Waals surface area contributed by atoms with E-state index in [4.69, 9.17) is 4.74 Å². The van der Waals surface area contributed by atoms with Crippen LogP contribution in [0.15, 0.2) is 36.1 Å². The topological polar surface area (TPSA) is 29.6 Å². The monoisotopic (exact) mass is 146 g/mol. The van der Waals surface area contributed by atoms with E-state index in [1.54, 1.807) is 5.94 Å². The molecule has 1 aliphatic rings. The summed E-state index contributed by atoms with van der Waals surface area (Å²) in [6, 6.07) is 9.61. The Morgan fingerprint density at radius 2 is 2.00 bits per heavy atom. The summed E-state index contributed by atoms with van der Waals surface area (Å²) in [6.07, 6.45) is -0.117. The highest BCUT2D eigenvalue weighted by Crippen LogP contribution is 2.40. The molecule has 54 valence electrons. The number of hydrogen-bond donors (Lipinski definition) is 0. The van der Waals surface area contributed by atoms with Crippen molar-refractivity contribution in [2.24, 2.45) is 0 Å². The van der Waals surface area contributed by atoms with Gasteiger partial charge in [-0.1, -0.05) is 30.3 Å². The van der Waals surface area contributed by atoms with Gasteiger partial charge >= 0.3 is 0 Å². The van der Waals surface area contributed by atoms with Crippen LogP contribution in [0.25, 0.3) is 0 Å². The van der Waals surface area contributed by atoms with Crippen LogP contribution in [0.2, 0.25) is 0 Å². The quantitative estimate of drug-likeness (QED) is 0.443.